The van der Waals surface area contributed by atoms with Gasteiger partial charge in [-0.05, 0) is 12.1 Å². The Labute approximate surface area is 154 Å². The molecule has 1 unspecified atom stereocenters. The number of Topliss-reactive ketones (excluding diaryl/α,β-unsaturated/α-hetero) is 1. The first-order valence-electron chi connectivity index (χ1n) is 8.50. The number of thiazole rings is 1. The van der Waals surface area contributed by atoms with Gasteiger partial charge in [-0.2, -0.15) is 0 Å². The second kappa shape index (κ2) is 7.38. The van der Waals surface area contributed by atoms with E-state index in [4.69, 9.17) is 4.74 Å². The van der Waals surface area contributed by atoms with Crippen LogP contribution in [0.4, 0.5) is 11.5 Å². The lowest BCUT2D eigenvalue weighted by molar-refractivity contribution is -0.123. The molecule has 2 aliphatic heterocycles. The van der Waals surface area contributed by atoms with Crippen molar-refractivity contribution in [2.24, 2.45) is 5.92 Å². The number of ether oxygens (including phenoxy) is 1. The number of nitrogens with one attached hydrogen (secondary N) is 2. The van der Waals surface area contributed by atoms with E-state index in [0.717, 1.165) is 23.9 Å². The third kappa shape index (κ3) is 3.40. The van der Waals surface area contributed by atoms with Crippen LogP contribution in [0, 0.1) is 5.92 Å². The van der Waals surface area contributed by atoms with Crippen molar-refractivity contribution in [2.75, 3.05) is 43.1 Å². The number of anilines is 2. The molecule has 8 nitrogen and oxygen atoms in total. The fourth-order valence-electron chi connectivity index (χ4n) is 3.06. The van der Waals surface area contributed by atoms with E-state index in [2.05, 4.69) is 25.5 Å². The van der Waals surface area contributed by atoms with E-state index in [1.165, 1.54) is 11.3 Å². The summed E-state index contributed by atoms with van der Waals surface area (Å²) in [7, 11) is 0. The van der Waals surface area contributed by atoms with Gasteiger partial charge in [-0.15, -0.1) is 11.3 Å². The zero-order valence-corrected chi connectivity index (χ0v) is 14.9. The van der Waals surface area contributed by atoms with Gasteiger partial charge in [0, 0.05) is 31.2 Å². The molecule has 0 radical (unpaired) electrons. The van der Waals surface area contributed by atoms with Gasteiger partial charge in [0.1, 0.15) is 22.4 Å². The van der Waals surface area contributed by atoms with Crippen LogP contribution in [0.5, 0.6) is 0 Å². The molecule has 9 heteroatoms. The van der Waals surface area contributed by atoms with E-state index in [1.807, 2.05) is 17.5 Å². The predicted octanol–water partition coefficient (Wildman–Crippen LogP) is 0.915. The van der Waals surface area contributed by atoms with Gasteiger partial charge in [0.05, 0.1) is 25.4 Å². The van der Waals surface area contributed by atoms with E-state index >= 15 is 0 Å². The van der Waals surface area contributed by atoms with Crippen LogP contribution in [-0.4, -0.2) is 54.5 Å². The first-order chi connectivity index (χ1) is 12.7. The Kier molecular flexibility index (Phi) is 4.81. The molecule has 0 bridgehead atoms. The topological polar surface area (TPSA) is 96.5 Å². The van der Waals surface area contributed by atoms with Gasteiger partial charge in [0.15, 0.2) is 5.78 Å². The molecule has 4 rings (SSSR count). The Hall–Kier alpha value is -2.52. The second-order valence-electron chi connectivity index (χ2n) is 6.11. The van der Waals surface area contributed by atoms with Gasteiger partial charge in [0.25, 0.3) is 0 Å². The van der Waals surface area contributed by atoms with Crippen molar-refractivity contribution in [3.05, 3.63) is 34.4 Å². The number of carbonyl (C=O) groups is 2. The minimum atomic E-state index is -0.782. The Balaban J connectivity index is 1.48. The van der Waals surface area contributed by atoms with Crippen LogP contribution in [0.1, 0.15) is 15.5 Å². The summed E-state index contributed by atoms with van der Waals surface area (Å²) in [6.45, 7) is 3.37. The second-order valence-corrected chi connectivity index (χ2v) is 7.09. The molecule has 0 aliphatic carbocycles. The molecule has 1 saturated heterocycles. The smallest absolute Gasteiger partial charge is 0.233 e. The van der Waals surface area contributed by atoms with Crippen LogP contribution >= 0.6 is 11.3 Å². The maximum atomic E-state index is 12.8. The zero-order chi connectivity index (χ0) is 17.9. The molecule has 2 N–H and O–H groups in total. The molecule has 0 saturated carbocycles. The minimum Gasteiger partial charge on any atom is -0.382 e. The standard InChI is InChI=1S/C17H19N5O3S/c23-16-11(17(24)20-10-14-18-3-8-26-14)9-19-12-1-2-13(21-15(12)16)22-4-6-25-7-5-22/h1-3,8,11,19H,4-7,9-10H2,(H,20,24). The Morgan fingerprint density at radius 2 is 2.23 bits per heavy atom. The molecule has 1 fully saturated rings. The number of hydrogen-bond acceptors (Lipinski definition) is 8. The fraction of sp³-hybridized carbons (Fsp3) is 0.412. The number of aromatic nitrogens is 2. The number of fused-ring (bicyclic) bond motifs is 1. The zero-order valence-electron chi connectivity index (χ0n) is 14.1. The Morgan fingerprint density at radius 1 is 1.38 bits per heavy atom. The summed E-state index contributed by atoms with van der Waals surface area (Å²) < 4.78 is 5.36. The molecular weight excluding hydrogens is 354 g/mol. The van der Waals surface area contributed by atoms with E-state index in [0.29, 0.717) is 31.1 Å². The van der Waals surface area contributed by atoms with E-state index < -0.39 is 5.92 Å². The lowest BCUT2D eigenvalue weighted by atomic mass is 9.95. The van der Waals surface area contributed by atoms with Gasteiger partial charge < -0.3 is 20.3 Å². The number of rotatable bonds is 4. The number of ketones is 1. The van der Waals surface area contributed by atoms with Gasteiger partial charge in [0.2, 0.25) is 5.91 Å². The average Bonchev–Trinajstić information content (AvgIpc) is 3.21. The van der Waals surface area contributed by atoms with Gasteiger partial charge >= 0.3 is 0 Å². The van der Waals surface area contributed by atoms with Crippen molar-refractivity contribution in [3.8, 4) is 0 Å². The highest BCUT2D eigenvalue weighted by molar-refractivity contribution is 7.09. The first-order valence-corrected chi connectivity index (χ1v) is 9.38. The normalized spacial score (nSPS) is 19.6. The SMILES string of the molecule is O=C(NCc1nccs1)C1CNc2ccc(N3CCOCC3)nc2C1=O. The van der Waals surface area contributed by atoms with Gasteiger partial charge in [-0.25, -0.2) is 9.97 Å². The average molecular weight is 373 g/mol. The number of hydrogen-bond donors (Lipinski definition) is 2. The van der Waals surface area contributed by atoms with Crippen LogP contribution in [0.2, 0.25) is 0 Å². The van der Waals surface area contributed by atoms with E-state index in [9.17, 15) is 9.59 Å². The lowest BCUT2D eigenvalue weighted by Crippen LogP contribution is -2.42. The highest BCUT2D eigenvalue weighted by atomic mass is 32.1. The monoisotopic (exact) mass is 373 g/mol. The maximum Gasteiger partial charge on any atom is 0.233 e. The quantitative estimate of drug-likeness (QED) is 0.769. The summed E-state index contributed by atoms with van der Waals surface area (Å²) >= 11 is 1.46. The van der Waals surface area contributed by atoms with Crippen molar-refractivity contribution in [2.45, 2.75) is 6.54 Å². The van der Waals surface area contributed by atoms with Crippen LogP contribution in [0.25, 0.3) is 0 Å². The molecule has 4 heterocycles. The summed E-state index contributed by atoms with van der Waals surface area (Å²) in [6.07, 6.45) is 1.69. The molecule has 1 atom stereocenters. The third-order valence-electron chi connectivity index (χ3n) is 4.48. The Bertz CT molecular complexity index is 805. The van der Waals surface area contributed by atoms with E-state index in [1.54, 1.807) is 6.20 Å². The number of morpholine rings is 1. The Morgan fingerprint density at radius 3 is 3.00 bits per heavy atom. The number of nitrogens with zero attached hydrogens (tertiary/aromatic N) is 3. The summed E-state index contributed by atoms with van der Waals surface area (Å²) in [4.78, 5) is 36.0. The van der Waals surface area contributed by atoms with Crippen LogP contribution in [0.3, 0.4) is 0 Å². The van der Waals surface area contributed by atoms with E-state index in [-0.39, 0.29) is 18.2 Å². The van der Waals surface area contributed by atoms with Crippen LogP contribution < -0.4 is 15.5 Å². The van der Waals surface area contributed by atoms with Crippen LogP contribution in [0.15, 0.2) is 23.7 Å². The maximum absolute atomic E-state index is 12.8. The lowest BCUT2D eigenvalue weighted by Gasteiger charge is -2.29. The van der Waals surface area contributed by atoms with Gasteiger partial charge in [-0.1, -0.05) is 0 Å². The van der Waals surface area contributed by atoms with Crippen molar-refractivity contribution >= 4 is 34.5 Å². The molecular formula is C17H19N5O3S. The summed E-state index contributed by atoms with van der Waals surface area (Å²) in [5.74, 6) is -0.589. The number of carbonyl (C=O) groups excluding carboxylic acids is 2. The van der Waals surface area contributed by atoms with Crippen molar-refractivity contribution < 1.29 is 14.3 Å². The summed E-state index contributed by atoms with van der Waals surface area (Å²) in [6, 6.07) is 3.75. The fourth-order valence-corrected chi connectivity index (χ4v) is 3.61. The number of amides is 1. The van der Waals surface area contributed by atoms with Crippen molar-refractivity contribution in [1.29, 1.82) is 0 Å². The van der Waals surface area contributed by atoms with Crippen molar-refractivity contribution in [3.63, 3.8) is 0 Å². The third-order valence-corrected chi connectivity index (χ3v) is 5.26. The molecule has 26 heavy (non-hydrogen) atoms. The summed E-state index contributed by atoms with van der Waals surface area (Å²) in [5, 5.41) is 8.59. The van der Waals surface area contributed by atoms with Crippen molar-refractivity contribution in [1.82, 2.24) is 15.3 Å². The molecule has 136 valence electrons. The largest absolute Gasteiger partial charge is 0.382 e. The number of pyridine rings is 1. The van der Waals surface area contributed by atoms with Crippen LogP contribution in [-0.2, 0) is 16.1 Å². The first kappa shape index (κ1) is 16.9. The molecule has 2 aromatic heterocycles. The minimum absolute atomic E-state index is 0.245. The van der Waals surface area contributed by atoms with Gasteiger partial charge in [-0.3, -0.25) is 9.59 Å². The molecule has 1 amide bonds. The molecule has 2 aliphatic rings. The predicted molar refractivity (Wildman–Crippen MR) is 97.5 cm³/mol. The molecule has 0 aromatic carbocycles. The highest BCUT2D eigenvalue weighted by Gasteiger charge is 2.34. The molecule has 2 aromatic rings. The highest BCUT2D eigenvalue weighted by Crippen LogP contribution is 2.26. The summed E-state index contributed by atoms with van der Waals surface area (Å²) in [5.41, 5.74) is 1.01. The molecule has 0 spiro atoms.